The number of anilines is 1. The van der Waals surface area contributed by atoms with E-state index in [0.29, 0.717) is 22.3 Å². The lowest BCUT2D eigenvalue weighted by Gasteiger charge is -2.24. The van der Waals surface area contributed by atoms with Gasteiger partial charge >= 0.3 is 0 Å². The van der Waals surface area contributed by atoms with Crippen LogP contribution in [0.15, 0.2) is 42.5 Å². The summed E-state index contributed by atoms with van der Waals surface area (Å²) < 4.78 is 59.3. The van der Waals surface area contributed by atoms with Crippen LogP contribution in [0.2, 0.25) is 0 Å². The van der Waals surface area contributed by atoms with E-state index in [1.165, 1.54) is 17.7 Å². The summed E-state index contributed by atoms with van der Waals surface area (Å²) in [6.07, 6.45) is 4.88. The molecule has 2 aromatic rings. The molecular weight excluding hydrogens is 472 g/mol. The number of benzene rings is 2. The van der Waals surface area contributed by atoms with Gasteiger partial charge in [-0.2, -0.15) is 3.71 Å². The molecule has 0 atom stereocenters. The van der Waals surface area contributed by atoms with Crippen LogP contribution >= 0.6 is 0 Å². The molecule has 0 bridgehead atoms. The first kappa shape index (κ1) is 26.5. The van der Waals surface area contributed by atoms with Crippen LogP contribution in [-0.2, 0) is 33.0 Å². The van der Waals surface area contributed by atoms with E-state index in [1.807, 2.05) is 26.0 Å². The van der Waals surface area contributed by atoms with Gasteiger partial charge < -0.3 is 10.1 Å². The van der Waals surface area contributed by atoms with Crippen molar-refractivity contribution in [2.24, 2.45) is 0 Å². The standard InChI is InChI=1S/C25H36N2O5S2/c1-3-5-7-18-33(28,29)27(34(30,31)19-8-6-4-2)22-12-14-23(15-13-22)32-25-11-9-10-21-20-26-17-16-24(21)25/h9-15,26H,3-8,16-20H2,1-2H3. The van der Waals surface area contributed by atoms with Crippen molar-refractivity contribution in [2.75, 3.05) is 21.8 Å². The lowest BCUT2D eigenvalue weighted by molar-refractivity contribution is 0.469. The van der Waals surface area contributed by atoms with Crippen molar-refractivity contribution in [1.82, 2.24) is 5.32 Å². The second kappa shape index (κ2) is 12.0. The van der Waals surface area contributed by atoms with Gasteiger partial charge in [0.05, 0.1) is 17.2 Å². The summed E-state index contributed by atoms with van der Waals surface area (Å²) in [5.41, 5.74) is 2.48. The van der Waals surface area contributed by atoms with E-state index in [1.54, 1.807) is 12.1 Å². The third kappa shape index (κ3) is 6.73. The molecule has 0 amide bonds. The highest BCUT2D eigenvalue weighted by molar-refractivity contribution is 8.10. The Morgan fingerprint density at radius 2 is 1.47 bits per heavy atom. The molecule has 0 saturated heterocycles. The first-order valence-electron chi connectivity index (χ1n) is 12.1. The van der Waals surface area contributed by atoms with Gasteiger partial charge in [0.15, 0.2) is 0 Å². The normalized spacial score (nSPS) is 13.9. The Bertz CT molecular complexity index is 1110. The van der Waals surface area contributed by atoms with Crippen LogP contribution < -0.4 is 13.8 Å². The maximum Gasteiger partial charge on any atom is 0.248 e. The van der Waals surface area contributed by atoms with Gasteiger partial charge in [-0.25, -0.2) is 16.8 Å². The zero-order chi connectivity index (χ0) is 24.6. The third-order valence-corrected chi connectivity index (χ3v) is 10.3. The van der Waals surface area contributed by atoms with Gasteiger partial charge in [0.25, 0.3) is 0 Å². The van der Waals surface area contributed by atoms with Gasteiger partial charge in [0.2, 0.25) is 20.0 Å². The van der Waals surface area contributed by atoms with Crippen LogP contribution in [0.1, 0.15) is 63.5 Å². The van der Waals surface area contributed by atoms with E-state index in [4.69, 9.17) is 4.74 Å². The molecule has 0 aromatic heterocycles. The quantitative estimate of drug-likeness (QED) is 0.384. The van der Waals surface area contributed by atoms with Crippen molar-refractivity contribution >= 4 is 25.7 Å². The Kier molecular flexibility index (Phi) is 9.39. The molecule has 0 saturated carbocycles. The minimum atomic E-state index is -4.03. The molecule has 3 rings (SSSR count). The Morgan fingerprint density at radius 1 is 0.853 bits per heavy atom. The fourth-order valence-electron chi connectivity index (χ4n) is 4.08. The fraction of sp³-hybridized carbons (Fsp3) is 0.520. The van der Waals surface area contributed by atoms with E-state index in [2.05, 4.69) is 11.4 Å². The van der Waals surface area contributed by atoms with Gasteiger partial charge in [0, 0.05) is 12.1 Å². The summed E-state index contributed by atoms with van der Waals surface area (Å²) in [7, 11) is -8.06. The Morgan fingerprint density at radius 3 is 2.06 bits per heavy atom. The molecule has 1 aliphatic rings. The zero-order valence-electron chi connectivity index (χ0n) is 20.1. The van der Waals surface area contributed by atoms with Crippen molar-refractivity contribution in [3.8, 4) is 11.5 Å². The number of hydrogen-bond donors (Lipinski definition) is 1. The molecule has 0 spiro atoms. The first-order chi connectivity index (χ1) is 16.3. The van der Waals surface area contributed by atoms with Gasteiger partial charge in [0.1, 0.15) is 11.5 Å². The number of sulfonamides is 2. The summed E-state index contributed by atoms with van der Waals surface area (Å²) in [6, 6.07) is 12.2. The Labute approximate surface area is 204 Å². The van der Waals surface area contributed by atoms with Crippen molar-refractivity contribution < 1.29 is 21.6 Å². The lowest BCUT2D eigenvalue weighted by Crippen LogP contribution is -2.40. The van der Waals surface area contributed by atoms with E-state index in [0.717, 1.165) is 56.5 Å². The average Bonchev–Trinajstić information content (AvgIpc) is 2.80. The number of ether oxygens (including phenoxy) is 1. The molecular formula is C25H36N2O5S2. The predicted molar refractivity (Wildman–Crippen MR) is 137 cm³/mol. The van der Waals surface area contributed by atoms with Crippen LogP contribution in [-0.4, -0.2) is 34.9 Å². The van der Waals surface area contributed by atoms with E-state index < -0.39 is 20.0 Å². The summed E-state index contributed by atoms with van der Waals surface area (Å²) >= 11 is 0. The summed E-state index contributed by atoms with van der Waals surface area (Å²) in [4.78, 5) is 0. The molecule has 34 heavy (non-hydrogen) atoms. The van der Waals surface area contributed by atoms with Crippen molar-refractivity contribution in [3.05, 3.63) is 53.6 Å². The van der Waals surface area contributed by atoms with Crippen LogP contribution in [0.5, 0.6) is 11.5 Å². The SMILES string of the molecule is CCCCCS(=O)(=O)N(c1ccc(Oc2cccc3c2CCNC3)cc1)S(=O)(=O)CCCCC. The second-order valence-electron chi connectivity index (χ2n) is 8.66. The summed E-state index contributed by atoms with van der Waals surface area (Å²) in [5.74, 6) is 0.900. The maximum absolute atomic E-state index is 13.1. The second-order valence-corrected chi connectivity index (χ2v) is 12.8. The molecule has 7 nitrogen and oxygen atoms in total. The maximum atomic E-state index is 13.1. The monoisotopic (exact) mass is 508 g/mol. The number of nitrogens with zero attached hydrogens (tertiary/aromatic N) is 1. The molecule has 188 valence electrons. The van der Waals surface area contributed by atoms with Gasteiger partial charge in [-0.1, -0.05) is 51.7 Å². The van der Waals surface area contributed by atoms with Gasteiger partial charge in [-0.05, 0) is 61.7 Å². The number of hydrogen-bond acceptors (Lipinski definition) is 6. The number of fused-ring (bicyclic) bond motifs is 1. The van der Waals surface area contributed by atoms with Crippen LogP contribution in [0.4, 0.5) is 5.69 Å². The molecule has 2 aromatic carbocycles. The molecule has 0 radical (unpaired) electrons. The largest absolute Gasteiger partial charge is 0.457 e. The van der Waals surface area contributed by atoms with Crippen molar-refractivity contribution in [2.45, 2.75) is 65.3 Å². The molecule has 1 aliphatic heterocycles. The Balaban J connectivity index is 1.87. The van der Waals surface area contributed by atoms with E-state index in [-0.39, 0.29) is 17.2 Å². The van der Waals surface area contributed by atoms with Crippen LogP contribution in [0.3, 0.4) is 0 Å². The number of rotatable bonds is 13. The highest BCUT2D eigenvalue weighted by Gasteiger charge is 2.33. The van der Waals surface area contributed by atoms with E-state index >= 15 is 0 Å². The smallest absolute Gasteiger partial charge is 0.248 e. The molecule has 9 heteroatoms. The number of nitrogens with one attached hydrogen (secondary N) is 1. The summed E-state index contributed by atoms with van der Waals surface area (Å²) in [5, 5.41) is 3.34. The number of unbranched alkanes of at least 4 members (excludes halogenated alkanes) is 4. The molecule has 1 heterocycles. The molecule has 0 unspecified atom stereocenters. The topological polar surface area (TPSA) is 92.8 Å². The minimum Gasteiger partial charge on any atom is -0.457 e. The predicted octanol–water partition coefficient (Wildman–Crippen LogP) is 4.97. The van der Waals surface area contributed by atoms with Gasteiger partial charge in [-0.15, -0.1) is 0 Å². The third-order valence-electron chi connectivity index (χ3n) is 5.89. The van der Waals surface area contributed by atoms with Gasteiger partial charge in [-0.3, -0.25) is 0 Å². The van der Waals surface area contributed by atoms with Crippen molar-refractivity contribution in [1.29, 1.82) is 0 Å². The highest BCUT2D eigenvalue weighted by Crippen LogP contribution is 2.32. The molecule has 0 fully saturated rings. The van der Waals surface area contributed by atoms with Crippen LogP contribution in [0.25, 0.3) is 0 Å². The minimum absolute atomic E-state index is 0.125. The Hall–Kier alpha value is -2.10. The zero-order valence-corrected chi connectivity index (χ0v) is 21.8. The highest BCUT2D eigenvalue weighted by atomic mass is 32.3. The van der Waals surface area contributed by atoms with Crippen molar-refractivity contribution in [3.63, 3.8) is 0 Å². The molecule has 0 aliphatic carbocycles. The average molecular weight is 509 g/mol. The van der Waals surface area contributed by atoms with E-state index in [9.17, 15) is 16.8 Å². The fourth-order valence-corrected chi connectivity index (χ4v) is 8.27. The lowest BCUT2D eigenvalue weighted by atomic mass is 10.0. The van der Waals surface area contributed by atoms with Crippen LogP contribution in [0, 0.1) is 0 Å². The first-order valence-corrected chi connectivity index (χ1v) is 15.4. The molecule has 1 N–H and O–H groups in total. The summed E-state index contributed by atoms with van der Waals surface area (Å²) in [6.45, 7) is 5.63.